The Labute approximate surface area is 199 Å². The van der Waals surface area contributed by atoms with Gasteiger partial charge in [-0.05, 0) is 87.5 Å². The van der Waals surface area contributed by atoms with E-state index in [1.165, 1.54) is 12.1 Å². The number of phenolic OH excluding ortho intramolecular Hbond substituents is 1. The number of hydrogen-bond donors (Lipinski definition) is 3. The number of pyridine rings is 1. The molecule has 3 rings (SSSR count). The van der Waals surface area contributed by atoms with Gasteiger partial charge in [-0.1, -0.05) is 0 Å². The molecule has 4 N–H and O–H groups in total. The number of carboxylic acids is 1. The predicted molar refractivity (Wildman–Crippen MR) is 129 cm³/mol. The average Bonchev–Trinajstić information content (AvgIpc) is 2.68. The summed E-state index contributed by atoms with van der Waals surface area (Å²) in [6.45, 7) is 0.378. The lowest BCUT2D eigenvalue weighted by Gasteiger charge is -2.15. The van der Waals surface area contributed by atoms with Crippen molar-refractivity contribution in [3.05, 3.63) is 83.3 Å². The van der Waals surface area contributed by atoms with Crippen LogP contribution in [0.15, 0.2) is 59.7 Å². The normalized spacial score (nSPS) is 11.8. The summed E-state index contributed by atoms with van der Waals surface area (Å²) in [5, 5.41) is 19.2. The maximum absolute atomic E-state index is 11.3. The van der Waals surface area contributed by atoms with Crippen LogP contribution in [-0.2, 0) is 17.8 Å². The van der Waals surface area contributed by atoms with E-state index in [1.54, 1.807) is 35.2 Å². The van der Waals surface area contributed by atoms with Crippen molar-refractivity contribution < 1.29 is 19.7 Å². The second kappa shape index (κ2) is 9.79. The Balaban J connectivity index is 1.83. The summed E-state index contributed by atoms with van der Waals surface area (Å²) in [5.41, 5.74) is 7.01. The van der Waals surface area contributed by atoms with Gasteiger partial charge in [0.2, 0.25) is 0 Å². The molecule has 0 saturated heterocycles. The molecule has 0 aliphatic heterocycles. The highest BCUT2D eigenvalue weighted by Gasteiger charge is 2.16. The molecule has 0 saturated carbocycles. The summed E-state index contributed by atoms with van der Waals surface area (Å²) in [7, 11) is 0. The van der Waals surface area contributed by atoms with Gasteiger partial charge in [-0.25, -0.2) is 0 Å². The van der Waals surface area contributed by atoms with Crippen molar-refractivity contribution in [2.24, 2.45) is 5.73 Å². The van der Waals surface area contributed by atoms with Crippen molar-refractivity contribution >= 4 is 51.2 Å². The summed E-state index contributed by atoms with van der Waals surface area (Å²) >= 11 is 4.28. The van der Waals surface area contributed by atoms with Crippen LogP contribution in [0, 0.1) is 7.14 Å². The quantitative estimate of drug-likeness (QED) is 0.344. The van der Waals surface area contributed by atoms with Gasteiger partial charge in [0.25, 0.3) is 0 Å². The molecule has 0 aliphatic carbocycles. The van der Waals surface area contributed by atoms with Crippen LogP contribution < -0.4 is 15.9 Å². The second-order valence-electron chi connectivity index (χ2n) is 6.64. The molecule has 3 aromatic rings. The zero-order valence-electron chi connectivity index (χ0n) is 15.6. The fourth-order valence-corrected chi connectivity index (χ4v) is 4.90. The minimum atomic E-state index is -1.04. The number of ether oxygens (including phenoxy) is 1. The van der Waals surface area contributed by atoms with E-state index in [4.69, 9.17) is 15.6 Å². The van der Waals surface area contributed by atoms with Gasteiger partial charge in [0, 0.05) is 30.1 Å². The van der Waals surface area contributed by atoms with Crippen molar-refractivity contribution in [3.63, 3.8) is 0 Å². The number of aliphatic carboxylic acids is 1. The number of carbonyl (C=O) groups is 1. The lowest BCUT2D eigenvalue weighted by molar-refractivity contribution is -0.138. The third-order valence-electron chi connectivity index (χ3n) is 4.32. The topological polar surface area (TPSA) is 115 Å². The number of carboxylic acid groups (broad SMARTS) is 1. The van der Waals surface area contributed by atoms with Crippen LogP contribution in [0.1, 0.15) is 11.1 Å². The predicted octanol–water partition coefficient (Wildman–Crippen LogP) is 3.56. The number of aromatic hydroxyl groups is 1. The number of phenols is 1. The lowest BCUT2D eigenvalue weighted by atomic mass is 10.1. The molecule has 2 aromatic carbocycles. The Kier molecular flexibility index (Phi) is 7.36. The molecule has 1 atom stereocenters. The van der Waals surface area contributed by atoms with Gasteiger partial charge in [-0.15, -0.1) is 0 Å². The Morgan fingerprint density at radius 2 is 1.73 bits per heavy atom. The molecule has 1 heterocycles. The molecule has 0 aliphatic rings. The molecule has 0 unspecified atom stereocenters. The van der Waals surface area contributed by atoms with Crippen molar-refractivity contribution in [2.45, 2.75) is 19.0 Å². The van der Waals surface area contributed by atoms with Crippen molar-refractivity contribution in [1.82, 2.24) is 4.57 Å². The third-order valence-corrected chi connectivity index (χ3v) is 5.92. The molecule has 0 amide bonds. The number of nitrogens with two attached hydrogens (primary N) is 1. The monoisotopic (exact) mass is 632 g/mol. The largest absolute Gasteiger partial charge is 0.508 e. The van der Waals surface area contributed by atoms with Crippen LogP contribution in [-0.4, -0.2) is 26.8 Å². The Morgan fingerprint density at radius 3 is 2.33 bits per heavy atom. The van der Waals surface area contributed by atoms with Gasteiger partial charge >= 0.3 is 5.97 Å². The van der Waals surface area contributed by atoms with Crippen LogP contribution in [0.2, 0.25) is 0 Å². The highest BCUT2D eigenvalue weighted by molar-refractivity contribution is 14.1. The van der Waals surface area contributed by atoms with Gasteiger partial charge in [0.15, 0.2) is 11.2 Å². The maximum Gasteiger partial charge on any atom is 0.320 e. The van der Waals surface area contributed by atoms with Gasteiger partial charge < -0.3 is 25.3 Å². The maximum atomic E-state index is 11.3. The summed E-state index contributed by atoms with van der Waals surface area (Å²) in [5.74, 6) is 0.279. The molecule has 7 nitrogen and oxygen atoms in total. The van der Waals surface area contributed by atoms with Crippen molar-refractivity contribution in [3.8, 4) is 17.2 Å². The van der Waals surface area contributed by atoms with Crippen LogP contribution in [0.3, 0.4) is 0 Å². The number of nitrogens with zero attached hydrogens (tertiary/aromatic N) is 1. The van der Waals surface area contributed by atoms with E-state index < -0.39 is 12.0 Å². The summed E-state index contributed by atoms with van der Waals surface area (Å²) < 4.78 is 9.50. The SMILES string of the molecule is N[C@@H](Cc1cc(I)c(Oc2ccc(O)c(Cn3ccc(=O)cc3)c2)c(I)c1)C(=O)O. The number of benzene rings is 2. The van der Waals surface area contributed by atoms with E-state index in [1.807, 2.05) is 12.1 Å². The zero-order chi connectivity index (χ0) is 21.8. The first-order chi connectivity index (χ1) is 14.2. The molecule has 30 heavy (non-hydrogen) atoms. The van der Waals surface area contributed by atoms with Crippen molar-refractivity contribution in [1.29, 1.82) is 0 Å². The highest BCUT2D eigenvalue weighted by Crippen LogP contribution is 2.34. The van der Waals surface area contributed by atoms with Crippen LogP contribution >= 0.6 is 45.2 Å². The molecular formula is C21H18I2N2O5. The fraction of sp³-hybridized carbons (Fsp3) is 0.143. The first kappa shape index (κ1) is 22.6. The van der Waals surface area contributed by atoms with Crippen LogP contribution in [0.25, 0.3) is 0 Å². The minimum Gasteiger partial charge on any atom is -0.508 e. The Morgan fingerprint density at radius 1 is 1.10 bits per heavy atom. The van der Waals surface area contributed by atoms with E-state index in [2.05, 4.69) is 45.2 Å². The number of rotatable bonds is 7. The third kappa shape index (κ3) is 5.73. The summed E-state index contributed by atoms with van der Waals surface area (Å²) in [6, 6.07) is 10.6. The zero-order valence-corrected chi connectivity index (χ0v) is 19.9. The molecule has 1 aromatic heterocycles. The smallest absolute Gasteiger partial charge is 0.320 e. The van der Waals surface area contributed by atoms with Gasteiger partial charge in [0.1, 0.15) is 17.5 Å². The van der Waals surface area contributed by atoms with Crippen molar-refractivity contribution in [2.75, 3.05) is 0 Å². The highest BCUT2D eigenvalue weighted by atomic mass is 127. The first-order valence-electron chi connectivity index (χ1n) is 8.85. The summed E-state index contributed by atoms with van der Waals surface area (Å²) in [6.07, 6.45) is 3.54. The van der Waals surface area contributed by atoms with E-state index in [0.717, 1.165) is 12.7 Å². The number of halogens is 2. The standard InChI is InChI=1S/C21H18I2N2O5/c22-16-7-12(9-18(24)21(28)29)8-17(23)20(16)30-15-1-2-19(27)13(10-15)11-25-5-3-14(26)4-6-25/h1-8,10,18,27H,9,11,24H2,(H,28,29)/t18-/m0/s1. The second-order valence-corrected chi connectivity index (χ2v) is 8.96. The van der Waals surface area contributed by atoms with E-state index >= 15 is 0 Å². The fourth-order valence-electron chi connectivity index (χ4n) is 2.78. The van der Waals surface area contributed by atoms with Gasteiger partial charge in [-0.3, -0.25) is 9.59 Å². The van der Waals surface area contributed by atoms with Gasteiger partial charge in [0.05, 0.1) is 13.7 Å². The molecule has 0 radical (unpaired) electrons. The minimum absolute atomic E-state index is 0.0792. The molecular weight excluding hydrogens is 614 g/mol. The molecule has 0 bridgehead atoms. The molecule has 0 spiro atoms. The summed E-state index contributed by atoms with van der Waals surface area (Å²) in [4.78, 5) is 22.3. The molecule has 9 heteroatoms. The Hall–Kier alpha value is -2.12. The van der Waals surface area contributed by atoms with Gasteiger partial charge in [-0.2, -0.15) is 0 Å². The van der Waals surface area contributed by atoms with E-state index in [0.29, 0.717) is 23.6 Å². The molecule has 156 valence electrons. The lowest BCUT2D eigenvalue weighted by Crippen LogP contribution is -2.32. The average molecular weight is 632 g/mol. The van der Waals surface area contributed by atoms with E-state index in [-0.39, 0.29) is 17.6 Å². The number of hydrogen-bond acceptors (Lipinski definition) is 5. The molecule has 0 fully saturated rings. The Bertz CT molecular complexity index is 1100. The van der Waals surface area contributed by atoms with E-state index in [9.17, 15) is 14.7 Å². The number of aromatic nitrogens is 1. The van der Waals surface area contributed by atoms with Crippen LogP contribution in [0.5, 0.6) is 17.2 Å². The first-order valence-corrected chi connectivity index (χ1v) is 11.0. The van der Waals surface area contributed by atoms with Crippen LogP contribution in [0.4, 0.5) is 0 Å².